The van der Waals surface area contributed by atoms with Crippen LogP contribution >= 0.6 is 0 Å². The van der Waals surface area contributed by atoms with Crippen molar-refractivity contribution in [3.63, 3.8) is 0 Å². The zero-order valence-electron chi connectivity index (χ0n) is 17.7. The Hall–Kier alpha value is -3.50. The van der Waals surface area contributed by atoms with Crippen LogP contribution in [0.25, 0.3) is 22.3 Å². The van der Waals surface area contributed by atoms with Gasteiger partial charge in [-0.2, -0.15) is 5.26 Å². The summed E-state index contributed by atoms with van der Waals surface area (Å²) in [7, 11) is 1.90. The monoisotopic (exact) mass is 412 g/mol. The van der Waals surface area contributed by atoms with Crippen molar-refractivity contribution in [1.82, 2.24) is 24.5 Å². The molecule has 7 nitrogen and oxygen atoms in total. The van der Waals surface area contributed by atoms with E-state index < -0.39 is 0 Å². The van der Waals surface area contributed by atoms with Crippen molar-refractivity contribution in [2.24, 2.45) is 13.0 Å². The first-order chi connectivity index (χ1) is 15.2. The molecule has 0 aliphatic carbocycles. The zero-order valence-corrected chi connectivity index (χ0v) is 17.7. The highest BCUT2D eigenvalue weighted by Gasteiger charge is 2.30. The largest absolute Gasteiger partial charge is 0.381 e. The summed E-state index contributed by atoms with van der Waals surface area (Å²) in [6, 6.07) is 18.9. The molecule has 2 aromatic carbocycles. The van der Waals surface area contributed by atoms with Gasteiger partial charge in [-0.3, -0.25) is 0 Å². The van der Waals surface area contributed by atoms with E-state index in [1.807, 2.05) is 32.2 Å². The Morgan fingerprint density at radius 3 is 2.58 bits per heavy atom. The second-order valence-electron chi connectivity index (χ2n) is 8.07. The van der Waals surface area contributed by atoms with E-state index in [-0.39, 0.29) is 6.04 Å². The van der Waals surface area contributed by atoms with E-state index in [2.05, 4.69) is 56.3 Å². The molecule has 0 bridgehead atoms. The van der Waals surface area contributed by atoms with Gasteiger partial charge in [0.15, 0.2) is 0 Å². The highest BCUT2D eigenvalue weighted by Crippen LogP contribution is 2.38. The molecule has 7 heteroatoms. The number of rotatable bonds is 4. The predicted molar refractivity (Wildman–Crippen MR) is 117 cm³/mol. The first-order valence-corrected chi connectivity index (χ1v) is 10.6. The summed E-state index contributed by atoms with van der Waals surface area (Å²) in [4.78, 5) is 4.67. The molecule has 2 aromatic heterocycles. The molecule has 1 saturated heterocycles. The highest BCUT2D eigenvalue weighted by molar-refractivity contribution is 5.83. The van der Waals surface area contributed by atoms with Crippen LogP contribution in [0.4, 0.5) is 0 Å². The van der Waals surface area contributed by atoms with Crippen LogP contribution in [-0.2, 0) is 11.8 Å². The maximum Gasteiger partial charge on any atom is 0.214 e. The van der Waals surface area contributed by atoms with E-state index in [1.165, 1.54) is 5.56 Å². The van der Waals surface area contributed by atoms with E-state index in [4.69, 9.17) is 4.74 Å². The molecule has 3 heterocycles. The first kappa shape index (κ1) is 19.5. The number of ether oxygens (including phenoxy) is 1. The molecular formula is C24H24N6O. The van der Waals surface area contributed by atoms with Crippen molar-refractivity contribution in [3.05, 3.63) is 65.6 Å². The molecule has 1 aliphatic rings. The van der Waals surface area contributed by atoms with Gasteiger partial charge in [0.1, 0.15) is 6.07 Å². The standard InChI is InChI=1S/C24H24N6O/c1-16-23(29(2)28-27-16)19-8-9-20-21(14-19)30(22(15-25)26-20)24(17-6-4-3-5-7-17)18-10-12-31-13-11-18/h3-9,14,18,24H,10-13H2,1-2H3/t24-/m0/s1. The van der Waals surface area contributed by atoms with Crippen molar-refractivity contribution in [1.29, 1.82) is 5.26 Å². The molecule has 1 fully saturated rings. The van der Waals surface area contributed by atoms with Crippen LogP contribution in [0.15, 0.2) is 48.5 Å². The van der Waals surface area contributed by atoms with Gasteiger partial charge in [0.05, 0.1) is 28.5 Å². The van der Waals surface area contributed by atoms with Gasteiger partial charge in [0, 0.05) is 25.8 Å². The Kier molecular flexibility index (Phi) is 5.00. The number of fused-ring (bicyclic) bond motifs is 1. The molecule has 156 valence electrons. The lowest BCUT2D eigenvalue weighted by Gasteiger charge is -2.32. The van der Waals surface area contributed by atoms with Crippen molar-refractivity contribution < 1.29 is 4.74 Å². The molecule has 1 aliphatic heterocycles. The van der Waals surface area contributed by atoms with Crippen LogP contribution in [0, 0.1) is 24.2 Å². The third kappa shape index (κ3) is 3.39. The number of imidazole rings is 1. The van der Waals surface area contributed by atoms with Gasteiger partial charge >= 0.3 is 0 Å². The summed E-state index contributed by atoms with van der Waals surface area (Å²) in [6.07, 6.45) is 1.91. The molecule has 0 radical (unpaired) electrons. The van der Waals surface area contributed by atoms with Gasteiger partial charge in [-0.05, 0) is 43.4 Å². The van der Waals surface area contributed by atoms with E-state index in [0.717, 1.165) is 54.0 Å². The van der Waals surface area contributed by atoms with Crippen molar-refractivity contribution in [3.8, 4) is 17.3 Å². The Labute approximate surface area is 180 Å². The first-order valence-electron chi connectivity index (χ1n) is 10.6. The van der Waals surface area contributed by atoms with Gasteiger partial charge in [-0.15, -0.1) is 5.10 Å². The molecule has 0 unspecified atom stereocenters. The van der Waals surface area contributed by atoms with Crippen LogP contribution in [0.2, 0.25) is 0 Å². The molecule has 1 atom stereocenters. The van der Waals surface area contributed by atoms with Crippen LogP contribution in [-0.4, -0.2) is 37.8 Å². The molecule has 0 N–H and O–H groups in total. The molecule has 5 rings (SSSR count). The SMILES string of the molecule is Cc1nnn(C)c1-c1ccc2nc(C#N)n([C@@H](c3ccccc3)C3CCOCC3)c2c1. The molecule has 0 saturated carbocycles. The minimum atomic E-state index is 0.0192. The maximum absolute atomic E-state index is 9.97. The van der Waals surface area contributed by atoms with E-state index >= 15 is 0 Å². The number of nitrogens with zero attached hydrogens (tertiary/aromatic N) is 6. The molecular weight excluding hydrogens is 388 g/mol. The molecule has 0 spiro atoms. The highest BCUT2D eigenvalue weighted by atomic mass is 16.5. The average molecular weight is 412 g/mol. The number of aromatic nitrogens is 5. The fraction of sp³-hybridized carbons (Fsp3) is 0.333. The number of benzene rings is 2. The van der Waals surface area contributed by atoms with Crippen molar-refractivity contribution in [2.45, 2.75) is 25.8 Å². The third-order valence-corrected chi connectivity index (χ3v) is 6.19. The lowest BCUT2D eigenvalue weighted by atomic mass is 9.86. The second-order valence-corrected chi connectivity index (χ2v) is 8.07. The smallest absolute Gasteiger partial charge is 0.214 e. The Bertz CT molecular complexity index is 1240. The summed E-state index contributed by atoms with van der Waals surface area (Å²) in [6.45, 7) is 3.45. The van der Waals surface area contributed by atoms with Gasteiger partial charge < -0.3 is 9.30 Å². The lowest BCUT2D eigenvalue weighted by molar-refractivity contribution is 0.0546. The number of hydrogen-bond donors (Lipinski definition) is 0. The topological polar surface area (TPSA) is 81.5 Å². The normalized spacial score (nSPS) is 15.8. The number of nitriles is 1. The molecule has 0 amide bonds. The van der Waals surface area contributed by atoms with Gasteiger partial charge in [0.25, 0.3) is 0 Å². The Morgan fingerprint density at radius 2 is 1.90 bits per heavy atom. The second kappa shape index (κ2) is 7.97. The fourth-order valence-electron chi connectivity index (χ4n) is 4.77. The average Bonchev–Trinajstić information content (AvgIpc) is 3.34. The van der Waals surface area contributed by atoms with Crippen molar-refractivity contribution >= 4 is 11.0 Å². The number of hydrogen-bond acceptors (Lipinski definition) is 5. The van der Waals surface area contributed by atoms with Crippen molar-refractivity contribution in [2.75, 3.05) is 13.2 Å². The molecule has 4 aromatic rings. The summed E-state index contributed by atoms with van der Waals surface area (Å²) in [5.41, 5.74) is 5.82. The minimum Gasteiger partial charge on any atom is -0.381 e. The van der Waals surface area contributed by atoms with Crippen LogP contribution in [0.5, 0.6) is 0 Å². The Morgan fingerprint density at radius 1 is 1.13 bits per heavy atom. The Balaban J connectivity index is 1.74. The minimum absolute atomic E-state index is 0.0192. The summed E-state index contributed by atoms with van der Waals surface area (Å²) < 4.78 is 9.55. The van der Waals surface area contributed by atoms with Gasteiger partial charge in [-0.25, -0.2) is 9.67 Å². The van der Waals surface area contributed by atoms with E-state index in [9.17, 15) is 5.26 Å². The summed E-state index contributed by atoms with van der Waals surface area (Å²) in [5, 5.41) is 18.3. The number of aryl methyl sites for hydroxylation is 2. The van der Waals surface area contributed by atoms with Gasteiger partial charge in [0.2, 0.25) is 5.82 Å². The van der Waals surface area contributed by atoms with Gasteiger partial charge in [-0.1, -0.05) is 41.6 Å². The maximum atomic E-state index is 9.97. The van der Waals surface area contributed by atoms with Crippen LogP contribution in [0.1, 0.15) is 36.0 Å². The van der Waals surface area contributed by atoms with Crippen LogP contribution < -0.4 is 0 Å². The summed E-state index contributed by atoms with van der Waals surface area (Å²) in [5.74, 6) is 0.803. The zero-order chi connectivity index (χ0) is 21.4. The quantitative estimate of drug-likeness (QED) is 0.505. The third-order valence-electron chi connectivity index (χ3n) is 6.19. The lowest BCUT2D eigenvalue weighted by Crippen LogP contribution is -2.27. The van der Waals surface area contributed by atoms with E-state index in [0.29, 0.717) is 11.7 Å². The van der Waals surface area contributed by atoms with E-state index in [1.54, 1.807) is 4.68 Å². The summed E-state index contributed by atoms with van der Waals surface area (Å²) >= 11 is 0. The molecule has 31 heavy (non-hydrogen) atoms. The fourth-order valence-corrected chi connectivity index (χ4v) is 4.77. The predicted octanol–water partition coefficient (Wildman–Crippen LogP) is 4.03. The van der Waals surface area contributed by atoms with Crippen LogP contribution in [0.3, 0.4) is 0 Å².